The zero-order valence-electron chi connectivity index (χ0n) is 17.3. The van der Waals surface area contributed by atoms with Gasteiger partial charge in [0.1, 0.15) is 16.3 Å². The topological polar surface area (TPSA) is 87.9 Å². The number of Topliss-reactive ketones (excluding diaryl/α,β-unsaturated/α-hetero) is 1. The van der Waals surface area contributed by atoms with Gasteiger partial charge in [0.05, 0.1) is 18.3 Å². The maximum Gasteiger partial charge on any atom is 0.222 e. The second kappa shape index (κ2) is 8.13. The highest BCUT2D eigenvalue weighted by Gasteiger charge is 2.26. The zero-order chi connectivity index (χ0) is 22.0. The number of carbonyl (C=O) groups excluding carboxylic acids is 1. The van der Waals surface area contributed by atoms with E-state index in [9.17, 15) is 4.79 Å². The van der Waals surface area contributed by atoms with Crippen molar-refractivity contribution in [2.24, 2.45) is 5.41 Å². The van der Waals surface area contributed by atoms with Gasteiger partial charge in [-0.05, 0) is 23.8 Å². The lowest BCUT2D eigenvalue weighted by atomic mass is 9.87. The van der Waals surface area contributed by atoms with E-state index in [4.69, 9.17) is 6.57 Å². The van der Waals surface area contributed by atoms with Gasteiger partial charge in [-0.3, -0.25) is 9.78 Å². The smallest absolute Gasteiger partial charge is 0.222 e. The molecule has 0 aliphatic heterocycles. The Morgan fingerprint density at radius 1 is 1.23 bits per heavy atom. The molecule has 0 atom stereocenters. The second-order valence-corrected chi connectivity index (χ2v) is 8.85. The number of H-pyrrole nitrogens is 1. The molecular weight excluding hydrogens is 408 g/mol. The molecule has 1 aromatic carbocycles. The van der Waals surface area contributed by atoms with Crippen molar-refractivity contribution in [1.29, 1.82) is 0 Å². The first-order chi connectivity index (χ1) is 14.8. The van der Waals surface area contributed by atoms with Crippen molar-refractivity contribution in [3.63, 3.8) is 0 Å². The molecular formula is C23H20N6OS. The molecule has 4 rings (SSSR count). The van der Waals surface area contributed by atoms with Crippen LogP contribution in [0.5, 0.6) is 0 Å². The van der Waals surface area contributed by atoms with Gasteiger partial charge in [0.15, 0.2) is 11.4 Å². The van der Waals surface area contributed by atoms with Crippen LogP contribution in [0.4, 0.5) is 11.5 Å². The lowest BCUT2D eigenvalue weighted by molar-refractivity contribution is 0.0860. The number of nitrogens with zero attached hydrogens (tertiary/aromatic N) is 4. The predicted molar refractivity (Wildman–Crippen MR) is 124 cm³/mol. The van der Waals surface area contributed by atoms with Gasteiger partial charge in [0.2, 0.25) is 5.70 Å². The van der Waals surface area contributed by atoms with Gasteiger partial charge in [0, 0.05) is 28.9 Å². The number of anilines is 2. The summed E-state index contributed by atoms with van der Waals surface area (Å²) in [5, 5.41) is 5.78. The number of ketones is 1. The fraction of sp³-hybridized carbons (Fsp3) is 0.174. The van der Waals surface area contributed by atoms with Crippen molar-refractivity contribution in [3.8, 4) is 0 Å². The molecule has 0 spiro atoms. The Morgan fingerprint density at radius 3 is 2.65 bits per heavy atom. The summed E-state index contributed by atoms with van der Waals surface area (Å²) in [6.07, 6.45) is 6.79. The molecule has 4 aromatic rings. The van der Waals surface area contributed by atoms with Gasteiger partial charge in [-0.25, -0.2) is 14.8 Å². The van der Waals surface area contributed by atoms with Crippen LogP contribution in [-0.4, -0.2) is 25.7 Å². The van der Waals surface area contributed by atoms with E-state index in [1.54, 1.807) is 18.6 Å². The van der Waals surface area contributed by atoms with Crippen molar-refractivity contribution < 1.29 is 4.79 Å². The average Bonchev–Trinajstić information content (AvgIpc) is 3.42. The van der Waals surface area contributed by atoms with Crippen molar-refractivity contribution in [3.05, 3.63) is 75.8 Å². The number of nitrogens with one attached hydrogen (secondary N) is 2. The third kappa shape index (κ3) is 4.37. The number of carbonyl (C=O) groups is 1. The SMILES string of the molecule is [C-]#[N+]/C(=C/c1ccc(Nc2cnc3[nH]cc(C(=O)C(C)(C)C)c3n2)cc1)c1nccs1. The molecule has 0 saturated carbocycles. The molecule has 8 heteroatoms. The summed E-state index contributed by atoms with van der Waals surface area (Å²) in [7, 11) is 0. The molecule has 0 amide bonds. The lowest BCUT2D eigenvalue weighted by Crippen LogP contribution is -2.20. The third-order valence-corrected chi connectivity index (χ3v) is 5.36. The number of aromatic nitrogens is 4. The molecule has 3 aromatic heterocycles. The van der Waals surface area contributed by atoms with Crippen LogP contribution in [0, 0.1) is 12.0 Å². The largest absolute Gasteiger partial charge is 0.344 e. The number of fused-ring (bicyclic) bond motifs is 1. The van der Waals surface area contributed by atoms with Gasteiger partial charge in [-0.15, -0.1) is 11.3 Å². The van der Waals surface area contributed by atoms with Crippen LogP contribution in [-0.2, 0) is 0 Å². The molecule has 3 heterocycles. The van der Waals surface area contributed by atoms with Gasteiger partial charge in [-0.1, -0.05) is 32.9 Å². The van der Waals surface area contributed by atoms with Gasteiger partial charge >= 0.3 is 0 Å². The van der Waals surface area contributed by atoms with Gasteiger partial charge in [-0.2, -0.15) is 0 Å². The first-order valence-electron chi connectivity index (χ1n) is 9.60. The van der Waals surface area contributed by atoms with E-state index in [1.807, 2.05) is 56.5 Å². The van der Waals surface area contributed by atoms with Gasteiger partial charge < -0.3 is 10.3 Å². The highest BCUT2D eigenvalue weighted by molar-refractivity contribution is 7.10. The zero-order valence-corrected chi connectivity index (χ0v) is 18.1. The molecule has 31 heavy (non-hydrogen) atoms. The second-order valence-electron chi connectivity index (χ2n) is 7.96. The van der Waals surface area contributed by atoms with Crippen LogP contribution in [0.3, 0.4) is 0 Å². The summed E-state index contributed by atoms with van der Waals surface area (Å²) in [4.78, 5) is 32.5. The third-order valence-electron chi connectivity index (χ3n) is 4.57. The molecule has 0 radical (unpaired) electrons. The standard InChI is InChI=1S/C23H20N6OS/c1-23(2,3)20(30)16-12-26-21-19(16)29-18(13-27-21)28-15-7-5-14(6-8-15)11-17(24-4)22-25-9-10-31-22/h5-13H,1-3H3,(H,26,27)(H,28,29)/b17-11+. The van der Waals surface area contributed by atoms with Crippen LogP contribution in [0.25, 0.3) is 27.8 Å². The molecule has 7 nitrogen and oxygen atoms in total. The van der Waals surface area contributed by atoms with Crippen molar-refractivity contribution in [2.45, 2.75) is 20.8 Å². The highest BCUT2D eigenvalue weighted by atomic mass is 32.1. The predicted octanol–water partition coefficient (Wildman–Crippen LogP) is 5.80. The molecule has 0 saturated heterocycles. The van der Waals surface area contributed by atoms with Crippen LogP contribution < -0.4 is 5.32 Å². The minimum atomic E-state index is -0.508. The first kappa shape index (κ1) is 20.4. The molecule has 0 aliphatic carbocycles. The average molecular weight is 429 g/mol. The first-order valence-corrected chi connectivity index (χ1v) is 10.5. The Labute approximate surface area is 183 Å². The summed E-state index contributed by atoms with van der Waals surface area (Å²) in [6.45, 7) is 13.0. The summed E-state index contributed by atoms with van der Waals surface area (Å²) in [5.74, 6) is 0.556. The van der Waals surface area contributed by atoms with Crippen LogP contribution in [0.15, 0.2) is 48.2 Å². The van der Waals surface area contributed by atoms with E-state index in [2.05, 4.69) is 30.1 Å². The maximum absolute atomic E-state index is 12.7. The van der Waals surface area contributed by atoms with Crippen LogP contribution in [0.1, 0.15) is 41.7 Å². The van der Waals surface area contributed by atoms with Crippen molar-refractivity contribution in [2.75, 3.05) is 5.32 Å². The molecule has 154 valence electrons. The molecule has 0 aliphatic rings. The number of aromatic amines is 1. The Hall–Kier alpha value is -3.83. The summed E-state index contributed by atoms with van der Waals surface area (Å²) in [6, 6.07) is 7.63. The van der Waals surface area contributed by atoms with Crippen LogP contribution in [0.2, 0.25) is 0 Å². The molecule has 0 bridgehead atoms. The van der Waals surface area contributed by atoms with Crippen molar-refractivity contribution >= 4 is 51.6 Å². The quantitative estimate of drug-likeness (QED) is 0.310. The number of hydrogen-bond donors (Lipinski definition) is 2. The maximum atomic E-state index is 12.7. The Balaban J connectivity index is 1.57. The molecule has 2 N–H and O–H groups in total. The summed E-state index contributed by atoms with van der Waals surface area (Å²) in [5.41, 5.74) is 3.39. The van der Waals surface area contributed by atoms with E-state index < -0.39 is 5.41 Å². The highest BCUT2D eigenvalue weighted by Crippen LogP contribution is 2.27. The van der Waals surface area contributed by atoms with E-state index >= 15 is 0 Å². The van der Waals surface area contributed by atoms with E-state index in [0.29, 0.717) is 33.2 Å². The summed E-state index contributed by atoms with van der Waals surface area (Å²) >= 11 is 1.44. The van der Waals surface area contributed by atoms with E-state index in [0.717, 1.165) is 11.3 Å². The number of thiazole rings is 1. The monoisotopic (exact) mass is 428 g/mol. The normalized spacial score (nSPS) is 12.0. The lowest BCUT2D eigenvalue weighted by Gasteiger charge is -2.15. The van der Waals surface area contributed by atoms with Gasteiger partial charge in [0.25, 0.3) is 0 Å². The number of rotatable bonds is 5. The summed E-state index contributed by atoms with van der Waals surface area (Å²) < 4.78 is 0. The fourth-order valence-corrected chi connectivity index (χ4v) is 3.59. The van der Waals surface area contributed by atoms with Crippen molar-refractivity contribution in [1.82, 2.24) is 19.9 Å². The van der Waals surface area contributed by atoms with E-state index in [-0.39, 0.29) is 5.78 Å². The minimum Gasteiger partial charge on any atom is -0.344 e. The van der Waals surface area contributed by atoms with E-state index in [1.165, 1.54) is 11.3 Å². The minimum absolute atomic E-state index is 0.0113. The van der Waals surface area contributed by atoms with Crippen LogP contribution >= 0.6 is 11.3 Å². The molecule has 0 unspecified atom stereocenters. The number of hydrogen-bond acceptors (Lipinski definition) is 6. The number of benzene rings is 1. The Morgan fingerprint density at radius 2 is 2.00 bits per heavy atom. The molecule has 0 fully saturated rings. The fourth-order valence-electron chi connectivity index (χ4n) is 2.99. The Kier molecular flexibility index (Phi) is 5.36. The Bertz CT molecular complexity index is 1310.